The van der Waals surface area contributed by atoms with E-state index in [1.807, 2.05) is 0 Å². The van der Waals surface area contributed by atoms with E-state index in [1.54, 1.807) is 0 Å². The van der Waals surface area contributed by atoms with Gasteiger partial charge in [-0.15, -0.1) is 0 Å². The van der Waals surface area contributed by atoms with E-state index in [0.717, 1.165) is 77.0 Å². The first-order chi connectivity index (χ1) is 27.6. The number of carbonyl (C=O) groups is 2. The highest BCUT2D eigenvalue weighted by atomic mass is 16.6. The number of allylic oxidation sites excluding steroid dienone is 14. The minimum Gasteiger partial charge on any atom is -0.462 e. The predicted molar refractivity (Wildman–Crippen MR) is 242 cm³/mol. The highest BCUT2D eigenvalue weighted by Crippen LogP contribution is 2.14. The summed E-state index contributed by atoms with van der Waals surface area (Å²) >= 11 is 0. The second-order valence-corrected chi connectivity index (χ2v) is 15.1. The topological polar surface area (TPSA) is 72.8 Å². The molecule has 0 heterocycles. The first kappa shape index (κ1) is 53.1. The Morgan fingerprint density at radius 1 is 0.429 bits per heavy atom. The third-order valence-electron chi connectivity index (χ3n) is 9.65. The summed E-state index contributed by atoms with van der Waals surface area (Å²) in [5.74, 6) is -0.681. The quantitative estimate of drug-likeness (QED) is 0.0380. The van der Waals surface area contributed by atoms with Crippen molar-refractivity contribution >= 4 is 11.9 Å². The summed E-state index contributed by atoms with van der Waals surface area (Å²) in [6.07, 6.45) is 63.9. The Morgan fingerprint density at radius 2 is 0.804 bits per heavy atom. The van der Waals surface area contributed by atoms with E-state index in [1.165, 1.54) is 96.3 Å². The Labute approximate surface area is 346 Å². The molecule has 5 nitrogen and oxygen atoms in total. The monoisotopic (exact) mass is 779 g/mol. The Balaban J connectivity index is 3.65. The van der Waals surface area contributed by atoms with Crippen molar-refractivity contribution in [2.45, 2.75) is 213 Å². The zero-order chi connectivity index (χ0) is 40.7. The molecule has 0 saturated heterocycles. The second-order valence-electron chi connectivity index (χ2n) is 15.1. The molecule has 0 bridgehead atoms. The smallest absolute Gasteiger partial charge is 0.306 e. The molecule has 0 rings (SSSR count). The van der Waals surface area contributed by atoms with Crippen LogP contribution in [0, 0.1) is 0 Å². The van der Waals surface area contributed by atoms with Crippen molar-refractivity contribution in [2.75, 3.05) is 13.2 Å². The van der Waals surface area contributed by atoms with E-state index in [2.05, 4.69) is 98.9 Å². The molecule has 0 aromatic rings. The van der Waals surface area contributed by atoms with Gasteiger partial charge in [-0.3, -0.25) is 9.59 Å². The fraction of sp³-hybridized carbons (Fsp3) is 0.686. The fourth-order valence-electron chi connectivity index (χ4n) is 6.19. The molecule has 0 aliphatic carbocycles. The van der Waals surface area contributed by atoms with Gasteiger partial charge < -0.3 is 14.6 Å². The number of ether oxygens (including phenoxy) is 2. The molecule has 0 fully saturated rings. The van der Waals surface area contributed by atoms with Crippen molar-refractivity contribution in [1.82, 2.24) is 0 Å². The summed E-state index contributed by atoms with van der Waals surface area (Å²) in [5, 5.41) is 9.59. The van der Waals surface area contributed by atoms with Crippen molar-refractivity contribution in [3.63, 3.8) is 0 Å². The van der Waals surface area contributed by atoms with Crippen LogP contribution in [0.25, 0.3) is 0 Å². The van der Waals surface area contributed by atoms with Gasteiger partial charge >= 0.3 is 11.9 Å². The normalized spacial score (nSPS) is 13.0. The van der Waals surface area contributed by atoms with E-state index in [0.29, 0.717) is 19.3 Å². The Morgan fingerprint density at radius 3 is 1.29 bits per heavy atom. The lowest BCUT2D eigenvalue weighted by Crippen LogP contribution is -2.28. The van der Waals surface area contributed by atoms with Gasteiger partial charge in [-0.25, -0.2) is 0 Å². The number of rotatable bonds is 41. The van der Waals surface area contributed by atoms with Crippen LogP contribution in [-0.2, 0) is 19.1 Å². The SMILES string of the molecule is CC/C=C/C/C=C/C/C=C/C/C=C/C/C=C/CCCCCC(=O)O[C@@H](CO)COC(=O)CCC/C=C/CC/C=C/CCCCCCCCCCCCCCCC. The van der Waals surface area contributed by atoms with Crippen LogP contribution < -0.4 is 0 Å². The third kappa shape index (κ3) is 43.8. The standard InChI is InChI=1S/C51H86O5/c1-3-5-7-9-11-13-15-17-19-21-23-24-25-26-28-29-31-33-35-37-39-41-43-45-50(53)55-48-49(47-52)56-51(54)46-44-42-40-38-36-34-32-30-27-22-20-18-16-14-12-10-8-6-4-2/h6,8,12,14,18,20,27,29-31,34,36-37,39,49,52H,3-5,7,9-11,13,15-17,19,21-26,28,32-33,35,38,40-48H2,1-2H3/b8-6+,14-12+,20-18+,30-27+,31-29+,36-34+,39-37+/t49-/m0/s1. The molecule has 1 atom stereocenters. The summed E-state index contributed by atoms with van der Waals surface area (Å²) in [6, 6.07) is 0. The predicted octanol–water partition coefficient (Wildman–Crippen LogP) is 15.1. The maximum atomic E-state index is 12.2. The van der Waals surface area contributed by atoms with Crippen LogP contribution in [-0.4, -0.2) is 36.4 Å². The molecule has 0 amide bonds. The van der Waals surface area contributed by atoms with Gasteiger partial charge in [0.15, 0.2) is 6.10 Å². The van der Waals surface area contributed by atoms with Crippen LogP contribution in [0.4, 0.5) is 0 Å². The molecule has 56 heavy (non-hydrogen) atoms. The number of unbranched alkanes of at least 4 members (excludes halogenated alkanes) is 19. The van der Waals surface area contributed by atoms with E-state index in [9.17, 15) is 14.7 Å². The average molecular weight is 779 g/mol. The first-order valence-electron chi connectivity index (χ1n) is 23.1. The van der Waals surface area contributed by atoms with Gasteiger partial charge in [0.2, 0.25) is 0 Å². The third-order valence-corrected chi connectivity index (χ3v) is 9.65. The lowest BCUT2D eigenvalue weighted by Gasteiger charge is -2.15. The molecule has 0 aromatic carbocycles. The van der Waals surface area contributed by atoms with Crippen LogP contribution in [0.5, 0.6) is 0 Å². The minimum absolute atomic E-state index is 0.104. The zero-order valence-electron chi connectivity index (χ0n) is 36.4. The molecule has 0 radical (unpaired) electrons. The summed E-state index contributed by atoms with van der Waals surface area (Å²) in [4.78, 5) is 24.3. The van der Waals surface area contributed by atoms with Gasteiger partial charge in [-0.1, -0.05) is 189 Å². The van der Waals surface area contributed by atoms with Gasteiger partial charge in [0, 0.05) is 12.8 Å². The van der Waals surface area contributed by atoms with Gasteiger partial charge in [0.25, 0.3) is 0 Å². The second kappa shape index (κ2) is 46.5. The Hall–Kier alpha value is -2.92. The van der Waals surface area contributed by atoms with Gasteiger partial charge in [0.1, 0.15) is 6.61 Å². The van der Waals surface area contributed by atoms with Crippen molar-refractivity contribution < 1.29 is 24.2 Å². The van der Waals surface area contributed by atoms with Crippen LogP contribution in [0.3, 0.4) is 0 Å². The van der Waals surface area contributed by atoms with Gasteiger partial charge in [-0.05, 0) is 89.9 Å². The number of hydrogen-bond acceptors (Lipinski definition) is 5. The molecule has 0 saturated carbocycles. The summed E-state index contributed by atoms with van der Waals surface area (Å²) in [6.45, 7) is 3.97. The first-order valence-corrected chi connectivity index (χ1v) is 23.1. The molecular formula is C51H86O5. The average Bonchev–Trinajstić information content (AvgIpc) is 3.20. The number of aliphatic hydroxyl groups is 1. The summed E-state index contributed by atoms with van der Waals surface area (Å²) < 4.78 is 10.6. The van der Waals surface area contributed by atoms with Gasteiger partial charge in [-0.2, -0.15) is 0 Å². The largest absolute Gasteiger partial charge is 0.462 e. The molecule has 320 valence electrons. The zero-order valence-corrected chi connectivity index (χ0v) is 36.4. The maximum Gasteiger partial charge on any atom is 0.306 e. The summed E-state index contributed by atoms with van der Waals surface area (Å²) in [7, 11) is 0. The van der Waals surface area contributed by atoms with Crippen molar-refractivity contribution in [1.29, 1.82) is 0 Å². The number of esters is 2. The number of aliphatic hydroxyl groups excluding tert-OH is 1. The van der Waals surface area contributed by atoms with E-state index >= 15 is 0 Å². The molecule has 0 spiro atoms. The van der Waals surface area contributed by atoms with Crippen LogP contribution in [0.15, 0.2) is 85.1 Å². The van der Waals surface area contributed by atoms with Crippen LogP contribution in [0.1, 0.15) is 206 Å². The lowest BCUT2D eigenvalue weighted by molar-refractivity contribution is -0.161. The lowest BCUT2D eigenvalue weighted by atomic mass is 10.0. The van der Waals surface area contributed by atoms with Crippen molar-refractivity contribution in [3.05, 3.63) is 85.1 Å². The Kier molecular flexibility index (Phi) is 44.0. The Bertz CT molecular complexity index is 1060. The molecule has 1 N–H and O–H groups in total. The summed E-state index contributed by atoms with van der Waals surface area (Å²) in [5.41, 5.74) is 0. The van der Waals surface area contributed by atoms with E-state index in [-0.39, 0.29) is 25.2 Å². The molecule has 0 aliphatic heterocycles. The fourth-order valence-corrected chi connectivity index (χ4v) is 6.19. The van der Waals surface area contributed by atoms with Crippen LogP contribution in [0.2, 0.25) is 0 Å². The molecule has 5 heteroatoms. The van der Waals surface area contributed by atoms with Crippen LogP contribution >= 0.6 is 0 Å². The van der Waals surface area contributed by atoms with Crippen molar-refractivity contribution in [2.24, 2.45) is 0 Å². The molecule has 0 aliphatic rings. The molecule has 0 aromatic heterocycles. The minimum atomic E-state index is -0.810. The molecule has 0 unspecified atom stereocenters. The van der Waals surface area contributed by atoms with E-state index in [4.69, 9.17) is 9.47 Å². The molecular weight excluding hydrogens is 693 g/mol. The maximum absolute atomic E-state index is 12.2. The highest BCUT2D eigenvalue weighted by Gasteiger charge is 2.16. The van der Waals surface area contributed by atoms with Crippen molar-refractivity contribution in [3.8, 4) is 0 Å². The highest BCUT2D eigenvalue weighted by molar-refractivity contribution is 5.70. The number of carbonyl (C=O) groups excluding carboxylic acids is 2. The van der Waals surface area contributed by atoms with Gasteiger partial charge in [0.05, 0.1) is 6.61 Å². The number of hydrogen-bond donors (Lipinski definition) is 1. The van der Waals surface area contributed by atoms with E-state index < -0.39 is 6.10 Å².